The number of rotatable bonds is 0. The van der Waals surface area contributed by atoms with Crippen molar-refractivity contribution in [2.45, 2.75) is 12.8 Å². The molecule has 1 heterocycles. The van der Waals surface area contributed by atoms with Gasteiger partial charge >= 0.3 is 0 Å². The fraction of sp³-hybridized carbons (Fsp3) is 0.273. The highest BCUT2D eigenvalue weighted by atomic mass is 35.5. The molecule has 0 radical (unpaired) electrons. The average molecular weight is 205 g/mol. The largest absolute Gasteiger partial charge is 0.264 e. The van der Waals surface area contributed by atoms with Crippen LogP contribution in [0.4, 0.5) is 0 Å². The molecule has 0 aromatic carbocycles. The summed E-state index contributed by atoms with van der Waals surface area (Å²) in [5.41, 5.74) is 2.17. The zero-order chi connectivity index (χ0) is 10.1. The van der Waals surface area contributed by atoms with Crippen LogP contribution in [-0.2, 0) is 0 Å². The number of allylic oxidation sites excluding steroid dienone is 1. The van der Waals surface area contributed by atoms with Gasteiger partial charge in [0.1, 0.15) is 0 Å². The lowest BCUT2D eigenvalue weighted by Crippen LogP contribution is -2.13. The molecule has 1 aliphatic rings. The molecular weight excluding hydrogens is 196 g/mol. The van der Waals surface area contributed by atoms with E-state index in [4.69, 9.17) is 16.9 Å². The first-order valence-corrected chi connectivity index (χ1v) is 4.82. The van der Waals surface area contributed by atoms with Crippen LogP contribution < -0.4 is 0 Å². The molecule has 2 nitrogen and oxygen atoms in total. The molecule has 0 bridgehead atoms. The van der Waals surface area contributed by atoms with Gasteiger partial charge in [-0.2, -0.15) is 5.26 Å². The second kappa shape index (κ2) is 3.43. The molecule has 0 saturated carbocycles. The molecule has 2 unspecified atom stereocenters. The van der Waals surface area contributed by atoms with Crippen LogP contribution in [0.2, 0.25) is 0 Å². The summed E-state index contributed by atoms with van der Waals surface area (Å²) in [5, 5.41) is 9.59. The van der Waals surface area contributed by atoms with Crippen LogP contribution in [0.1, 0.15) is 24.0 Å². The van der Waals surface area contributed by atoms with Crippen molar-refractivity contribution in [1.82, 2.24) is 4.98 Å². The number of nitrogens with zero attached hydrogens (tertiary/aromatic N) is 2. The van der Waals surface area contributed by atoms with Crippen LogP contribution in [0, 0.1) is 17.2 Å². The molecule has 0 spiro atoms. The predicted octanol–water partition coefficient (Wildman–Crippen LogP) is 2.92. The zero-order valence-corrected chi connectivity index (χ0v) is 8.49. The van der Waals surface area contributed by atoms with Crippen molar-refractivity contribution in [2.75, 3.05) is 0 Å². The maximum Gasteiger partial charge on any atom is 0.0886 e. The summed E-state index contributed by atoms with van der Waals surface area (Å²) in [4.78, 5) is 4.06. The molecule has 1 aromatic heterocycles. The van der Waals surface area contributed by atoms with Crippen molar-refractivity contribution in [1.29, 1.82) is 5.26 Å². The lowest BCUT2D eigenvalue weighted by atomic mass is 9.82. The van der Waals surface area contributed by atoms with Crippen LogP contribution in [0.5, 0.6) is 0 Å². The van der Waals surface area contributed by atoms with E-state index >= 15 is 0 Å². The Morgan fingerprint density at radius 3 is 3.07 bits per heavy atom. The minimum Gasteiger partial charge on any atom is -0.264 e. The van der Waals surface area contributed by atoms with Gasteiger partial charge in [-0.15, -0.1) is 0 Å². The minimum absolute atomic E-state index is 0.126. The lowest BCUT2D eigenvalue weighted by molar-refractivity contribution is 0.639. The van der Waals surface area contributed by atoms with Gasteiger partial charge < -0.3 is 0 Å². The van der Waals surface area contributed by atoms with Gasteiger partial charge in [0, 0.05) is 23.3 Å². The van der Waals surface area contributed by atoms with E-state index in [9.17, 15) is 0 Å². The number of nitriles is 1. The van der Waals surface area contributed by atoms with Gasteiger partial charge in [0.25, 0.3) is 0 Å². The first kappa shape index (κ1) is 9.23. The maximum atomic E-state index is 8.96. The van der Waals surface area contributed by atoms with Crippen molar-refractivity contribution in [2.24, 2.45) is 5.92 Å². The molecule has 3 heteroatoms. The van der Waals surface area contributed by atoms with E-state index in [0.717, 1.165) is 11.1 Å². The average Bonchev–Trinajstić information content (AvgIpc) is 2.18. The van der Waals surface area contributed by atoms with E-state index < -0.39 is 0 Å². The van der Waals surface area contributed by atoms with E-state index in [1.54, 1.807) is 6.20 Å². The molecule has 2 rings (SSSR count). The van der Waals surface area contributed by atoms with E-state index in [-0.39, 0.29) is 11.8 Å². The molecule has 70 valence electrons. The molecule has 14 heavy (non-hydrogen) atoms. The monoisotopic (exact) mass is 204 g/mol. The van der Waals surface area contributed by atoms with E-state index in [2.05, 4.69) is 11.1 Å². The van der Waals surface area contributed by atoms with Gasteiger partial charge in [-0.1, -0.05) is 18.5 Å². The topological polar surface area (TPSA) is 36.7 Å². The molecule has 2 atom stereocenters. The quantitative estimate of drug-likeness (QED) is 0.652. The van der Waals surface area contributed by atoms with Crippen molar-refractivity contribution < 1.29 is 0 Å². The van der Waals surface area contributed by atoms with Gasteiger partial charge in [-0.05, 0) is 23.3 Å². The molecule has 1 aliphatic carbocycles. The summed E-state index contributed by atoms with van der Waals surface area (Å²) < 4.78 is 0. The molecule has 0 saturated heterocycles. The van der Waals surface area contributed by atoms with Crippen molar-refractivity contribution in [3.63, 3.8) is 0 Å². The second-order valence-electron chi connectivity index (χ2n) is 3.43. The highest BCUT2D eigenvalue weighted by molar-refractivity contribution is 6.32. The van der Waals surface area contributed by atoms with Crippen molar-refractivity contribution >= 4 is 17.7 Å². The third-order valence-electron chi connectivity index (χ3n) is 2.61. The molecule has 0 amide bonds. The Balaban J connectivity index is 2.57. The highest BCUT2D eigenvalue weighted by Crippen LogP contribution is 2.38. The van der Waals surface area contributed by atoms with Crippen LogP contribution in [-0.4, -0.2) is 4.98 Å². The van der Waals surface area contributed by atoms with Crippen LogP contribution in [0.15, 0.2) is 23.5 Å². The first-order valence-electron chi connectivity index (χ1n) is 4.44. The molecular formula is C11H9ClN2. The summed E-state index contributed by atoms with van der Waals surface area (Å²) in [6.45, 7) is 2.00. The normalized spacial score (nSPS) is 24.8. The Kier molecular flexibility index (Phi) is 2.26. The number of pyridine rings is 1. The summed E-state index contributed by atoms with van der Waals surface area (Å²) in [5.74, 6) is -0.102. The van der Waals surface area contributed by atoms with E-state index in [0.29, 0.717) is 5.03 Å². The van der Waals surface area contributed by atoms with Gasteiger partial charge in [-0.25, -0.2) is 0 Å². The number of halogens is 1. The van der Waals surface area contributed by atoms with Gasteiger partial charge in [0.2, 0.25) is 0 Å². The van der Waals surface area contributed by atoms with Crippen LogP contribution in [0.25, 0.3) is 6.08 Å². The molecule has 0 aliphatic heterocycles. The standard InChI is InChI=1S/C11H9ClN2/c1-7-9(5-13)11(12)4-8-2-3-14-6-10(7)8/h2-4,6-7,9H,1H3. The number of fused-ring (bicyclic) bond motifs is 1. The Hall–Kier alpha value is -1.33. The van der Waals surface area contributed by atoms with Crippen LogP contribution in [0.3, 0.4) is 0 Å². The molecule has 0 fully saturated rings. The Bertz CT molecular complexity index is 431. The Morgan fingerprint density at radius 2 is 2.36 bits per heavy atom. The van der Waals surface area contributed by atoms with Gasteiger partial charge in [-0.3, -0.25) is 4.98 Å². The van der Waals surface area contributed by atoms with E-state index in [1.165, 1.54) is 0 Å². The zero-order valence-electron chi connectivity index (χ0n) is 7.74. The van der Waals surface area contributed by atoms with Gasteiger partial charge in [0.05, 0.1) is 12.0 Å². The highest BCUT2D eigenvalue weighted by Gasteiger charge is 2.27. The lowest BCUT2D eigenvalue weighted by Gasteiger charge is -2.23. The Morgan fingerprint density at radius 1 is 1.57 bits per heavy atom. The number of hydrogen-bond acceptors (Lipinski definition) is 2. The number of hydrogen-bond donors (Lipinski definition) is 0. The van der Waals surface area contributed by atoms with Crippen molar-refractivity contribution in [3.8, 4) is 6.07 Å². The van der Waals surface area contributed by atoms with Crippen LogP contribution >= 0.6 is 11.6 Å². The third-order valence-corrected chi connectivity index (χ3v) is 2.95. The Labute approximate surface area is 87.8 Å². The summed E-state index contributed by atoms with van der Waals surface area (Å²) in [6.07, 6.45) is 5.40. The number of aromatic nitrogens is 1. The summed E-state index contributed by atoms with van der Waals surface area (Å²) in [6, 6.07) is 4.13. The fourth-order valence-electron chi connectivity index (χ4n) is 1.76. The maximum absolute atomic E-state index is 8.96. The third kappa shape index (κ3) is 1.30. The fourth-order valence-corrected chi connectivity index (χ4v) is 2.11. The second-order valence-corrected chi connectivity index (χ2v) is 3.87. The molecule has 1 aromatic rings. The minimum atomic E-state index is -0.228. The van der Waals surface area contributed by atoms with E-state index in [1.807, 2.05) is 25.3 Å². The van der Waals surface area contributed by atoms with Crippen molar-refractivity contribution in [3.05, 3.63) is 34.6 Å². The summed E-state index contributed by atoms with van der Waals surface area (Å²) >= 11 is 6.02. The predicted molar refractivity (Wildman–Crippen MR) is 55.6 cm³/mol. The SMILES string of the molecule is CC1c2cnccc2C=C(Cl)C1C#N. The molecule has 0 N–H and O–H groups in total. The summed E-state index contributed by atoms with van der Waals surface area (Å²) in [7, 11) is 0. The smallest absolute Gasteiger partial charge is 0.0886 e. The van der Waals surface area contributed by atoms with Gasteiger partial charge in [0.15, 0.2) is 0 Å². The first-order chi connectivity index (χ1) is 6.74.